The number of rotatable bonds is 55. The van der Waals surface area contributed by atoms with Gasteiger partial charge in [-0.05, 0) is 38.5 Å². The van der Waals surface area contributed by atoms with Gasteiger partial charge in [0.25, 0.3) is 0 Å². The molecule has 0 aliphatic carbocycles. The van der Waals surface area contributed by atoms with E-state index in [-0.39, 0.29) is 19.3 Å². The van der Waals surface area contributed by atoms with E-state index in [1.165, 1.54) is 141 Å². The summed E-state index contributed by atoms with van der Waals surface area (Å²) in [5.41, 5.74) is 0. The number of carbonyl (C=O) groups is 4. The van der Waals surface area contributed by atoms with Crippen LogP contribution in [-0.4, -0.2) is 93.3 Å². The Morgan fingerprint density at radius 2 is 0.782 bits per heavy atom. The highest BCUT2D eigenvalue weighted by molar-refractivity contribution is 7.46. The highest BCUT2D eigenvalue weighted by atomic mass is 31.2. The summed E-state index contributed by atoms with van der Waals surface area (Å²) in [6.45, 7) is 7.95. The van der Waals surface area contributed by atoms with Crippen molar-refractivity contribution < 1.29 is 67.2 Å². The van der Waals surface area contributed by atoms with Crippen LogP contribution >= 0.6 is 7.82 Å². The molecule has 0 unspecified atom stereocenters. The normalized spacial score (nSPS) is 18.4. The fourth-order valence-electron chi connectivity index (χ4n) is 10.6. The van der Waals surface area contributed by atoms with Gasteiger partial charge < -0.3 is 44.3 Å². The average Bonchev–Trinajstić information content (AvgIpc) is 3.48. The molecule has 5 N–H and O–H groups in total. The monoisotopic (exact) mass is 1130 g/mol. The molecule has 0 spiro atoms. The second-order valence-corrected chi connectivity index (χ2v) is 24.0. The number of aliphatic hydroxyl groups excluding tert-OH is 2. The molecule has 1 aliphatic heterocycles. The topological polar surface area (TPSA) is 224 Å². The molecule has 7 atom stereocenters. The Kier molecular flexibility index (Phi) is 47.9. The smallest absolute Gasteiger partial charge is 0.462 e. The Balaban J connectivity index is 3.15. The standard InChI is InChI=1S/C62H118NO14P/c1-5-9-13-17-21-25-27-31-35-39-43-47-56(66)73-52(45-41-37-33-29-23-19-15-11-7-3)49-55(65)63-59-61(60(77-78(70,71)72)54(51-64)75-62(59)69)76-58(68)50-53(46-42-38-34-30-24-20-16-12-8-4)74-57(67)48-44-40-36-32-28-26-22-18-14-10-6-2/h52-54,59-62,64,69H,5-51H2,1-4H3,(H,63,65)(H2,70,71,72)/t52-,53-,54-,59-,60-,61-,62-/m1/s1. The van der Waals surface area contributed by atoms with Crippen molar-refractivity contribution in [3.05, 3.63) is 0 Å². The Labute approximate surface area is 474 Å². The summed E-state index contributed by atoms with van der Waals surface area (Å²) in [5.74, 6) is -2.44. The molecule has 0 radical (unpaired) electrons. The predicted octanol–water partition coefficient (Wildman–Crippen LogP) is 15.4. The third kappa shape index (κ3) is 41.8. The minimum absolute atomic E-state index is 0.200. The van der Waals surface area contributed by atoms with Crippen LogP contribution < -0.4 is 5.32 Å². The van der Waals surface area contributed by atoms with Gasteiger partial charge in [-0.1, -0.05) is 259 Å². The Bertz CT molecular complexity index is 1500. The van der Waals surface area contributed by atoms with Crippen LogP contribution in [0.4, 0.5) is 0 Å². The van der Waals surface area contributed by atoms with Crippen molar-refractivity contribution in [2.75, 3.05) is 6.61 Å². The van der Waals surface area contributed by atoms with Crippen molar-refractivity contribution >= 4 is 31.6 Å². The van der Waals surface area contributed by atoms with E-state index in [1.54, 1.807) is 0 Å². The first-order valence-electron chi connectivity index (χ1n) is 32.3. The maximum atomic E-state index is 14.0. The molecule has 1 heterocycles. The van der Waals surface area contributed by atoms with E-state index in [2.05, 4.69) is 33.0 Å². The van der Waals surface area contributed by atoms with Crippen molar-refractivity contribution in [2.45, 2.75) is 366 Å². The highest BCUT2D eigenvalue weighted by Gasteiger charge is 2.51. The van der Waals surface area contributed by atoms with Gasteiger partial charge in [0.2, 0.25) is 5.91 Å². The van der Waals surface area contributed by atoms with E-state index >= 15 is 0 Å². The molecule has 1 aliphatic rings. The fraction of sp³-hybridized carbons (Fsp3) is 0.935. The molecule has 0 aromatic carbocycles. The number of hydrogen-bond donors (Lipinski definition) is 5. The summed E-state index contributed by atoms with van der Waals surface area (Å²) in [5, 5.41) is 24.2. The van der Waals surface area contributed by atoms with Crippen LogP contribution in [0.2, 0.25) is 0 Å². The van der Waals surface area contributed by atoms with Crippen LogP contribution in [0, 0.1) is 0 Å². The van der Waals surface area contributed by atoms with Crippen molar-refractivity contribution in [1.82, 2.24) is 5.32 Å². The van der Waals surface area contributed by atoms with Crippen LogP contribution in [-0.2, 0) is 47.2 Å². The molecule has 78 heavy (non-hydrogen) atoms. The van der Waals surface area contributed by atoms with Gasteiger partial charge >= 0.3 is 25.7 Å². The SMILES string of the molecule is CCCCCCCCCCCCCC(=O)O[C@H](CCCCCCCCCCC)CC(=O)N[C@@H]1[C@@H](OC(=O)C[C@@H](CCCCCCCCCCC)OC(=O)CCCCCCCCCCCCC)[C@H](OP(=O)(O)O)[C@@H](CO)O[C@H]1O. The lowest BCUT2D eigenvalue weighted by Crippen LogP contribution is -2.65. The lowest BCUT2D eigenvalue weighted by Gasteiger charge is -2.43. The molecule has 1 saturated heterocycles. The van der Waals surface area contributed by atoms with E-state index in [1.807, 2.05) is 0 Å². The van der Waals surface area contributed by atoms with E-state index < -0.39 is 87.5 Å². The van der Waals surface area contributed by atoms with Gasteiger partial charge in [0, 0.05) is 12.8 Å². The van der Waals surface area contributed by atoms with E-state index in [4.69, 9.17) is 23.5 Å². The van der Waals surface area contributed by atoms with Gasteiger partial charge in [-0.3, -0.25) is 23.7 Å². The Morgan fingerprint density at radius 3 is 1.12 bits per heavy atom. The predicted molar refractivity (Wildman–Crippen MR) is 312 cm³/mol. The van der Waals surface area contributed by atoms with Crippen LogP contribution in [0.3, 0.4) is 0 Å². The minimum Gasteiger partial charge on any atom is -0.462 e. The van der Waals surface area contributed by atoms with Gasteiger partial charge in [0.05, 0.1) is 19.4 Å². The van der Waals surface area contributed by atoms with Crippen molar-refractivity contribution in [2.24, 2.45) is 0 Å². The second-order valence-electron chi connectivity index (χ2n) is 22.8. The molecule has 0 aromatic rings. The molecule has 0 bridgehead atoms. The summed E-state index contributed by atoms with van der Waals surface area (Å²) < 4.78 is 40.8. The van der Waals surface area contributed by atoms with Crippen LogP contribution in [0.15, 0.2) is 0 Å². The van der Waals surface area contributed by atoms with Gasteiger partial charge in [-0.25, -0.2) is 4.57 Å². The van der Waals surface area contributed by atoms with Gasteiger partial charge in [0.15, 0.2) is 12.4 Å². The molecule has 0 aromatic heterocycles. The number of unbranched alkanes of at least 4 members (excludes halogenated alkanes) is 36. The number of amides is 1. The number of phosphoric ester groups is 1. The maximum absolute atomic E-state index is 14.0. The van der Waals surface area contributed by atoms with Gasteiger partial charge in [0.1, 0.15) is 30.5 Å². The zero-order valence-corrected chi connectivity index (χ0v) is 51.0. The zero-order valence-electron chi connectivity index (χ0n) is 50.1. The molecular formula is C62H118NO14P. The molecule has 0 saturated carbocycles. The minimum atomic E-state index is -5.35. The number of carbonyl (C=O) groups excluding carboxylic acids is 4. The lowest BCUT2D eigenvalue weighted by molar-refractivity contribution is -0.256. The highest BCUT2D eigenvalue weighted by Crippen LogP contribution is 2.42. The van der Waals surface area contributed by atoms with Crippen molar-refractivity contribution in [3.8, 4) is 0 Å². The maximum Gasteiger partial charge on any atom is 0.470 e. The molecule has 1 rings (SSSR count). The number of ether oxygens (including phenoxy) is 4. The molecule has 1 amide bonds. The summed E-state index contributed by atoms with van der Waals surface area (Å²) in [6.07, 6.45) is 36.2. The van der Waals surface area contributed by atoms with Gasteiger partial charge in [-0.15, -0.1) is 0 Å². The summed E-state index contributed by atoms with van der Waals surface area (Å²) >= 11 is 0. The number of aliphatic hydroxyl groups is 2. The zero-order chi connectivity index (χ0) is 57.3. The van der Waals surface area contributed by atoms with E-state index in [9.17, 15) is 43.7 Å². The third-order valence-electron chi connectivity index (χ3n) is 15.3. The summed E-state index contributed by atoms with van der Waals surface area (Å²) in [7, 11) is -5.35. The second kappa shape index (κ2) is 50.6. The first kappa shape index (κ1) is 73.9. The first-order chi connectivity index (χ1) is 37.8. The summed E-state index contributed by atoms with van der Waals surface area (Å²) in [6, 6.07) is -1.62. The fourth-order valence-corrected chi connectivity index (χ4v) is 11.2. The van der Waals surface area contributed by atoms with E-state index in [0.29, 0.717) is 38.5 Å². The Morgan fingerprint density at radius 1 is 0.462 bits per heavy atom. The van der Waals surface area contributed by atoms with Crippen molar-refractivity contribution in [1.29, 1.82) is 0 Å². The first-order valence-corrected chi connectivity index (χ1v) is 33.9. The quantitative estimate of drug-likeness (QED) is 0.0165. The molecule has 15 nitrogen and oxygen atoms in total. The van der Waals surface area contributed by atoms with Gasteiger partial charge in [-0.2, -0.15) is 0 Å². The molecule has 460 valence electrons. The molecule has 16 heteroatoms. The third-order valence-corrected chi connectivity index (χ3v) is 15.8. The van der Waals surface area contributed by atoms with Crippen LogP contribution in [0.1, 0.15) is 323 Å². The Hall–Kier alpha value is -2.13. The van der Waals surface area contributed by atoms with Crippen LogP contribution in [0.5, 0.6) is 0 Å². The number of esters is 3. The largest absolute Gasteiger partial charge is 0.470 e. The number of nitrogens with one attached hydrogen (secondary N) is 1. The van der Waals surface area contributed by atoms with Crippen molar-refractivity contribution in [3.63, 3.8) is 0 Å². The lowest BCUT2D eigenvalue weighted by atomic mass is 9.96. The molecule has 1 fully saturated rings. The summed E-state index contributed by atoms with van der Waals surface area (Å²) in [4.78, 5) is 74.6. The molecular weight excluding hydrogens is 1010 g/mol. The number of phosphoric acid groups is 1. The number of hydrogen-bond acceptors (Lipinski definition) is 12. The van der Waals surface area contributed by atoms with E-state index in [0.717, 1.165) is 89.9 Å². The average molecular weight is 1130 g/mol. The van der Waals surface area contributed by atoms with Crippen LogP contribution in [0.25, 0.3) is 0 Å².